The van der Waals surface area contributed by atoms with Crippen LogP contribution in [0.2, 0.25) is 0 Å². The van der Waals surface area contributed by atoms with Gasteiger partial charge in [0.1, 0.15) is 5.78 Å². The number of ether oxygens (including phenoxy) is 2. The lowest BCUT2D eigenvalue weighted by atomic mass is 9.70. The van der Waals surface area contributed by atoms with Crippen molar-refractivity contribution >= 4 is 17.7 Å². The Morgan fingerprint density at radius 2 is 1.70 bits per heavy atom. The van der Waals surface area contributed by atoms with Gasteiger partial charge >= 0.3 is 11.9 Å². The zero-order chi connectivity index (χ0) is 15.5. The molecule has 0 aromatic rings. The average molecular weight is 284 g/mol. The maximum atomic E-state index is 12.0. The summed E-state index contributed by atoms with van der Waals surface area (Å²) >= 11 is 0. The van der Waals surface area contributed by atoms with E-state index in [1.54, 1.807) is 13.8 Å². The topological polar surface area (TPSA) is 69.7 Å². The minimum absolute atomic E-state index is 0.0263. The normalized spacial score (nSPS) is 26.1. The van der Waals surface area contributed by atoms with Gasteiger partial charge < -0.3 is 9.47 Å². The van der Waals surface area contributed by atoms with E-state index in [0.717, 1.165) is 12.8 Å². The van der Waals surface area contributed by atoms with E-state index in [2.05, 4.69) is 4.74 Å². The molecule has 1 rings (SSSR count). The Morgan fingerprint density at radius 1 is 1.10 bits per heavy atom. The Labute approximate surface area is 120 Å². The molecule has 0 aromatic carbocycles. The first-order valence-electron chi connectivity index (χ1n) is 6.91. The van der Waals surface area contributed by atoms with Crippen LogP contribution >= 0.6 is 0 Å². The maximum Gasteiger partial charge on any atom is 0.311 e. The van der Waals surface area contributed by atoms with E-state index in [1.165, 1.54) is 21.1 Å². The number of ketones is 1. The van der Waals surface area contributed by atoms with Gasteiger partial charge in [-0.2, -0.15) is 0 Å². The molecule has 5 heteroatoms. The van der Waals surface area contributed by atoms with E-state index in [4.69, 9.17) is 4.74 Å². The van der Waals surface area contributed by atoms with Crippen molar-refractivity contribution in [2.24, 2.45) is 23.2 Å². The summed E-state index contributed by atoms with van der Waals surface area (Å²) in [6, 6.07) is 0. The number of esters is 2. The summed E-state index contributed by atoms with van der Waals surface area (Å²) in [6.07, 6.45) is 1.73. The van der Waals surface area contributed by atoms with Crippen molar-refractivity contribution in [1.82, 2.24) is 0 Å². The lowest BCUT2D eigenvalue weighted by molar-refractivity contribution is -0.155. The first kappa shape index (κ1) is 16.7. The van der Waals surface area contributed by atoms with Gasteiger partial charge in [-0.15, -0.1) is 0 Å². The summed E-state index contributed by atoms with van der Waals surface area (Å²) in [7, 11) is 2.70. The first-order chi connectivity index (χ1) is 9.25. The largest absolute Gasteiger partial charge is 0.469 e. The number of carbonyl (C=O) groups excluding carboxylic acids is 3. The fraction of sp³-hybridized carbons (Fsp3) is 0.800. The molecule has 0 saturated heterocycles. The summed E-state index contributed by atoms with van der Waals surface area (Å²) in [6.45, 7) is 5.14. The second-order valence-electron chi connectivity index (χ2n) is 6.07. The highest BCUT2D eigenvalue weighted by Crippen LogP contribution is 2.48. The number of rotatable bonds is 5. The number of carbonyl (C=O) groups is 3. The monoisotopic (exact) mass is 284 g/mol. The smallest absolute Gasteiger partial charge is 0.311 e. The lowest BCUT2D eigenvalue weighted by Crippen LogP contribution is -2.39. The molecular weight excluding hydrogens is 260 g/mol. The van der Waals surface area contributed by atoms with Gasteiger partial charge in [0.25, 0.3) is 0 Å². The minimum Gasteiger partial charge on any atom is -0.469 e. The summed E-state index contributed by atoms with van der Waals surface area (Å²) in [5.41, 5.74) is -0.726. The van der Waals surface area contributed by atoms with Gasteiger partial charge in [0, 0.05) is 12.3 Å². The Morgan fingerprint density at radius 3 is 2.15 bits per heavy atom. The molecule has 0 amide bonds. The van der Waals surface area contributed by atoms with E-state index in [9.17, 15) is 14.4 Å². The van der Waals surface area contributed by atoms with Crippen molar-refractivity contribution in [1.29, 1.82) is 0 Å². The van der Waals surface area contributed by atoms with Crippen LogP contribution in [0.5, 0.6) is 0 Å². The Kier molecular flexibility index (Phi) is 5.31. The standard InChI is InChI=1S/C15H24O5/c1-9(16)13-10(8-12(17)19-4)6-7-11(13)15(2,3)14(18)20-5/h10-11,13H,6-8H2,1-5H3/t10-,11+,13+/m1/s1. The van der Waals surface area contributed by atoms with Gasteiger partial charge in [-0.25, -0.2) is 0 Å². The molecule has 1 saturated carbocycles. The summed E-state index contributed by atoms with van der Waals surface area (Å²) in [5, 5.41) is 0. The third kappa shape index (κ3) is 3.19. The van der Waals surface area contributed by atoms with Crippen molar-refractivity contribution in [2.75, 3.05) is 14.2 Å². The average Bonchev–Trinajstić information content (AvgIpc) is 2.81. The molecule has 1 aliphatic carbocycles. The van der Waals surface area contributed by atoms with Crippen LogP contribution < -0.4 is 0 Å². The number of hydrogen-bond acceptors (Lipinski definition) is 5. The number of Topliss-reactive ketones (excluding diaryl/α,β-unsaturated/α-hetero) is 1. The van der Waals surface area contributed by atoms with E-state index >= 15 is 0 Å². The second-order valence-corrected chi connectivity index (χ2v) is 6.07. The van der Waals surface area contributed by atoms with Crippen LogP contribution in [0.25, 0.3) is 0 Å². The predicted octanol–water partition coefficient (Wildman–Crippen LogP) is 1.98. The highest BCUT2D eigenvalue weighted by atomic mass is 16.5. The maximum absolute atomic E-state index is 12.0. The molecule has 114 valence electrons. The van der Waals surface area contributed by atoms with Crippen LogP contribution in [0.4, 0.5) is 0 Å². The molecule has 0 aromatic heterocycles. The van der Waals surface area contributed by atoms with E-state index in [-0.39, 0.29) is 41.9 Å². The summed E-state index contributed by atoms with van der Waals surface area (Å²) in [4.78, 5) is 35.4. The molecule has 0 heterocycles. The molecule has 0 aliphatic heterocycles. The van der Waals surface area contributed by atoms with Crippen LogP contribution in [0.15, 0.2) is 0 Å². The van der Waals surface area contributed by atoms with Crippen LogP contribution in [0.3, 0.4) is 0 Å². The van der Waals surface area contributed by atoms with Crippen LogP contribution in [0, 0.1) is 23.2 Å². The molecule has 0 radical (unpaired) electrons. The molecule has 0 bridgehead atoms. The SMILES string of the molecule is COC(=O)C[C@H]1CC[C@H](C(C)(C)C(=O)OC)[C@H]1C(C)=O. The first-order valence-corrected chi connectivity index (χ1v) is 6.91. The molecular formula is C15H24O5. The Balaban J connectivity index is 2.96. The third-order valence-electron chi connectivity index (χ3n) is 4.55. The van der Waals surface area contributed by atoms with Crippen molar-refractivity contribution in [3.63, 3.8) is 0 Å². The minimum atomic E-state index is -0.726. The molecule has 1 aliphatic rings. The number of methoxy groups -OCH3 is 2. The fourth-order valence-electron chi connectivity index (χ4n) is 3.45. The van der Waals surface area contributed by atoms with Crippen LogP contribution in [-0.4, -0.2) is 31.9 Å². The van der Waals surface area contributed by atoms with Crippen molar-refractivity contribution < 1.29 is 23.9 Å². The van der Waals surface area contributed by atoms with Crippen LogP contribution in [-0.2, 0) is 23.9 Å². The quantitative estimate of drug-likeness (QED) is 0.722. The Bertz CT molecular complexity index is 399. The van der Waals surface area contributed by atoms with Gasteiger partial charge in [-0.3, -0.25) is 14.4 Å². The third-order valence-corrected chi connectivity index (χ3v) is 4.55. The van der Waals surface area contributed by atoms with E-state index in [1.807, 2.05) is 0 Å². The van der Waals surface area contributed by atoms with Gasteiger partial charge in [0.2, 0.25) is 0 Å². The molecule has 5 nitrogen and oxygen atoms in total. The number of hydrogen-bond donors (Lipinski definition) is 0. The van der Waals surface area contributed by atoms with Crippen molar-refractivity contribution in [3.05, 3.63) is 0 Å². The highest BCUT2D eigenvalue weighted by molar-refractivity contribution is 5.83. The van der Waals surface area contributed by atoms with Crippen LogP contribution in [0.1, 0.15) is 40.0 Å². The molecule has 0 spiro atoms. The molecule has 1 fully saturated rings. The van der Waals surface area contributed by atoms with E-state index in [0.29, 0.717) is 0 Å². The Hall–Kier alpha value is -1.39. The van der Waals surface area contributed by atoms with Gasteiger partial charge in [-0.1, -0.05) is 0 Å². The zero-order valence-electron chi connectivity index (χ0n) is 12.9. The molecule has 0 unspecified atom stereocenters. The van der Waals surface area contributed by atoms with E-state index < -0.39 is 5.41 Å². The molecule has 20 heavy (non-hydrogen) atoms. The highest BCUT2D eigenvalue weighted by Gasteiger charge is 2.50. The molecule has 3 atom stereocenters. The molecule has 0 N–H and O–H groups in total. The summed E-state index contributed by atoms with van der Waals surface area (Å²) < 4.78 is 9.54. The second kappa shape index (κ2) is 6.37. The van der Waals surface area contributed by atoms with Crippen molar-refractivity contribution in [2.45, 2.75) is 40.0 Å². The summed E-state index contributed by atoms with van der Waals surface area (Å²) in [5.74, 6) is -1.03. The van der Waals surface area contributed by atoms with Gasteiger partial charge in [-0.05, 0) is 45.4 Å². The fourth-order valence-corrected chi connectivity index (χ4v) is 3.45. The zero-order valence-corrected chi connectivity index (χ0v) is 12.9. The van der Waals surface area contributed by atoms with Crippen molar-refractivity contribution in [3.8, 4) is 0 Å². The predicted molar refractivity (Wildman–Crippen MR) is 72.8 cm³/mol. The van der Waals surface area contributed by atoms with Gasteiger partial charge in [0.15, 0.2) is 0 Å². The van der Waals surface area contributed by atoms with Gasteiger partial charge in [0.05, 0.1) is 19.6 Å². The lowest BCUT2D eigenvalue weighted by Gasteiger charge is -2.33.